The van der Waals surface area contributed by atoms with Crippen LogP contribution in [0.15, 0.2) is 30.5 Å². The lowest BCUT2D eigenvalue weighted by molar-refractivity contribution is -0.119. The molecule has 0 radical (unpaired) electrons. The summed E-state index contributed by atoms with van der Waals surface area (Å²) in [6.07, 6.45) is 4.45. The summed E-state index contributed by atoms with van der Waals surface area (Å²) < 4.78 is 0. The predicted molar refractivity (Wildman–Crippen MR) is 94.9 cm³/mol. The molecule has 2 N–H and O–H groups in total. The molecule has 1 aromatic heterocycles. The van der Waals surface area contributed by atoms with Gasteiger partial charge in [-0.2, -0.15) is 5.26 Å². The number of anilines is 1. The molecule has 1 atom stereocenters. The van der Waals surface area contributed by atoms with E-state index in [4.69, 9.17) is 5.26 Å². The van der Waals surface area contributed by atoms with Gasteiger partial charge in [-0.3, -0.25) is 9.59 Å². The van der Waals surface area contributed by atoms with E-state index in [9.17, 15) is 9.59 Å². The van der Waals surface area contributed by atoms with E-state index in [-0.39, 0.29) is 17.7 Å². The van der Waals surface area contributed by atoms with Gasteiger partial charge in [-0.1, -0.05) is 23.5 Å². The van der Waals surface area contributed by atoms with Crippen LogP contribution in [0.25, 0.3) is 10.4 Å². The lowest BCUT2D eigenvalue weighted by atomic mass is 10.1. The Morgan fingerprint density at radius 2 is 2.12 bits per heavy atom. The molecule has 1 aliphatic heterocycles. The van der Waals surface area contributed by atoms with Crippen LogP contribution < -0.4 is 10.6 Å². The number of nitrogens with one attached hydrogen (secondary N) is 2. The van der Waals surface area contributed by atoms with E-state index < -0.39 is 0 Å². The fourth-order valence-electron chi connectivity index (χ4n) is 2.67. The van der Waals surface area contributed by atoms with Crippen molar-refractivity contribution in [3.05, 3.63) is 36.0 Å². The van der Waals surface area contributed by atoms with Gasteiger partial charge in [-0.05, 0) is 24.1 Å². The number of aromatic nitrogens is 1. The van der Waals surface area contributed by atoms with Crippen LogP contribution >= 0.6 is 11.3 Å². The van der Waals surface area contributed by atoms with Crippen LogP contribution in [-0.4, -0.2) is 41.8 Å². The van der Waals surface area contributed by atoms with Gasteiger partial charge in [0.15, 0.2) is 11.3 Å². The molecule has 2 heterocycles. The molecular formula is C17H17N5O2S. The molecule has 8 heteroatoms. The number of amides is 2. The van der Waals surface area contributed by atoms with Crippen LogP contribution in [0.4, 0.5) is 5.13 Å². The Kier molecular flexibility index (Phi) is 4.95. The van der Waals surface area contributed by atoms with Crippen LogP contribution in [0.3, 0.4) is 0 Å². The first-order chi connectivity index (χ1) is 12.1. The van der Waals surface area contributed by atoms with Gasteiger partial charge in [0.2, 0.25) is 5.91 Å². The van der Waals surface area contributed by atoms with Crippen LogP contribution in [0, 0.1) is 17.4 Å². The zero-order valence-corrected chi connectivity index (χ0v) is 14.5. The average molecular weight is 355 g/mol. The standard InChI is InChI=1S/C17H17N5O2S/c1-19-15(23)12-4-2-11(3-5-12)14-8-20-17(25-14)21-16(24)13-6-7-22(9-13)10-18/h2-5,8,13H,6-7,9H2,1H3,(H,19,23)(H,20,21,24)/t13-/m0/s1. The Bertz CT molecular complexity index is 824. The van der Waals surface area contributed by atoms with Crippen molar-refractivity contribution < 1.29 is 9.59 Å². The Morgan fingerprint density at radius 1 is 1.36 bits per heavy atom. The second-order valence-electron chi connectivity index (χ2n) is 5.71. The summed E-state index contributed by atoms with van der Waals surface area (Å²) in [6, 6.07) is 7.21. The maximum absolute atomic E-state index is 12.2. The second-order valence-corrected chi connectivity index (χ2v) is 6.74. The average Bonchev–Trinajstić information content (AvgIpc) is 3.30. The molecule has 2 amide bonds. The minimum absolute atomic E-state index is 0.103. The molecule has 0 unspecified atom stereocenters. The number of nitrogens with zero attached hydrogens (tertiary/aromatic N) is 3. The largest absolute Gasteiger partial charge is 0.355 e. The molecule has 0 bridgehead atoms. The Balaban J connectivity index is 1.65. The van der Waals surface area contributed by atoms with E-state index in [1.165, 1.54) is 11.3 Å². The van der Waals surface area contributed by atoms with Crippen molar-refractivity contribution in [2.24, 2.45) is 5.92 Å². The molecule has 1 fully saturated rings. The number of carbonyl (C=O) groups is 2. The zero-order chi connectivity index (χ0) is 17.8. The van der Waals surface area contributed by atoms with Crippen LogP contribution in [0.1, 0.15) is 16.8 Å². The third kappa shape index (κ3) is 3.78. The molecule has 2 aromatic rings. The molecule has 25 heavy (non-hydrogen) atoms. The smallest absolute Gasteiger partial charge is 0.251 e. The summed E-state index contributed by atoms with van der Waals surface area (Å²) in [5, 5.41) is 14.8. The van der Waals surface area contributed by atoms with Gasteiger partial charge in [0.1, 0.15) is 0 Å². The minimum Gasteiger partial charge on any atom is -0.355 e. The van der Waals surface area contributed by atoms with Crippen LogP contribution in [-0.2, 0) is 4.79 Å². The Morgan fingerprint density at radius 3 is 2.76 bits per heavy atom. The summed E-state index contributed by atoms with van der Waals surface area (Å²) in [6.45, 7) is 1.08. The topological polar surface area (TPSA) is 98.1 Å². The van der Waals surface area contributed by atoms with E-state index >= 15 is 0 Å². The summed E-state index contributed by atoms with van der Waals surface area (Å²) in [7, 11) is 1.59. The number of thiazole rings is 1. The molecule has 1 saturated heterocycles. The van der Waals surface area contributed by atoms with Crippen molar-refractivity contribution >= 4 is 28.3 Å². The highest BCUT2D eigenvalue weighted by molar-refractivity contribution is 7.19. The molecule has 128 valence electrons. The third-order valence-electron chi connectivity index (χ3n) is 4.09. The van der Waals surface area contributed by atoms with Crippen molar-refractivity contribution in [3.8, 4) is 16.6 Å². The quantitative estimate of drug-likeness (QED) is 0.817. The number of likely N-dealkylation sites (tertiary alicyclic amines) is 1. The molecule has 3 rings (SSSR count). The number of hydrogen-bond donors (Lipinski definition) is 2. The Hall–Kier alpha value is -2.92. The molecule has 0 spiro atoms. The number of hydrogen-bond acceptors (Lipinski definition) is 6. The van der Waals surface area contributed by atoms with Gasteiger partial charge in [0.25, 0.3) is 5.91 Å². The van der Waals surface area contributed by atoms with Gasteiger partial charge in [0, 0.05) is 31.9 Å². The molecule has 0 saturated carbocycles. The number of nitriles is 1. The lowest BCUT2D eigenvalue weighted by Crippen LogP contribution is -2.25. The maximum Gasteiger partial charge on any atom is 0.251 e. The molecule has 7 nitrogen and oxygen atoms in total. The van der Waals surface area contributed by atoms with Gasteiger partial charge in [-0.25, -0.2) is 4.98 Å². The van der Waals surface area contributed by atoms with E-state index in [0.717, 1.165) is 10.4 Å². The van der Waals surface area contributed by atoms with E-state index in [1.807, 2.05) is 12.1 Å². The number of rotatable bonds is 4. The highest BCUT2D eigenvalue weighted by Gasteiger charge is 2.28. The molecule has 1 aromatic carbocycles. The van der Waals surface area contributed by atoms with Gasteiger partial charge >= 0.3 is 0 Å². The summed E-state index contributed by atoms with van der Waals surface area (Å²) in [5.41, 5.74) is 1.52. The van der Waals surface area contributed by atoms with Crippen molar-refractivity contribution in [2.75, 3.05) is 25.5 Å². The first kappa shape index (κ1) is 16.9. The van der Waals surface area contributed by atoms with Crippen molar-refractivity contribution in [2.45, 2.75) is 6.42 Å². The highest BCUT2D eigenvalue weighted by atomic mass is 32.1. The van der Waals surface area contributed by atoms with Crippen LogP contribution in [0.5, 0.6) is 0 Å². The first-order valence-corrected chi connectivity index (χ1v) is 8.66. The van der Waals surface area contributed by atoms with Crippen molar-refractivity contribution in [3.63, 3.8) is 0 Å². The zero-order valence-electron chi connectivity index (χ0n) is 13.7. The monoisotopic (exact) mass is 355 g/mol. The van der Waals surface area contributed by atoms with Gasteiger partial charge in [-0.15, -0.1) is 0 Å². The summed E-state index contributed by atoms with van der Waals surface area (Å²) >= 11 is 1.38. The molecular weight excluding hydrogens is 338 g/mol. The van der Waals surface area contributed by atoms with Gasteiger partial charge in [0.05, 0.1) is 10.8 Å². The fourth-order valence-corrected chi connectivity index (χ4v) is 3.49. The minimum atomic E-state index is -0.182. The van der Waals surface area contributed by atoms with Crippen LogP contribution in [0.2, 0.25) is 0 Å². The summed E-state index contributed by atoms with van der Waals surface area (Å²) in [4.78, 5) is 30.6. The number of benzene rings is 1. The first-order valence-electron chi connectivity index (χ1n) is 7.84. The Labute approximate surface area is 149 Å². The maximum atomic E-state index is 12.2. The predicted octanol–water partition coefficient (Wildman–Crippen LogP) is 1.91. The third-order valence-corrected chi connectivity index (χ3v) is 5.06. The number of carbonyl (C=O) groups excluding carboxylic acids is 2. The fraction of sp³-hybridized carbons (Fsp3) is 0.294. The second kappa shape index (κ2) is 7.32. The SMILES string of the molecule is CNC(=O)c1ccc(-c2cnc(NC(=O)[C@H]3CCN(C#N)C3)s2)cc1. The molecule has 0 aliphatic carbocycles. The van der Waals surface area contributed by atoms with Crippen molar-refractivity contribution in [1.82, 2.24) is 15.2 Å². The highest BCUT2D eigenvalue weighted by Crippen LogP contribution is 2.29. The van der Waals surface area contributed by atoms with Crippen molar-refractivity contribution in [1.29, 1.82) is 5.26 Å². The summed E-state index contributed by atoms with van der Waals surface area (Å²) in [5.74, 6) is -0.417. The lowest BCUT2D eigenvalue weighted by Gasteiger charge is -2.08. The molecule has 1 aliphatic rings. The van der Waals surface area contributed by atoms with E-state index in [0.29, 0.717) is 30.2 Å². The normalized spacial score (nSPS) is 16.3. The van der Waals surface area contributed by atoms with E-state index in [1.54, 1.807) is 30.3 Å². The van der Waals surface area contributed by atoms with E-state index in [2.05, 4.69) is 21.8 Å². The van der Waals surface area contributed by atoms with Gasteiger partial charge < -0.3 is 15.5 Å².